The number of non-ortho nitro benzene ring substituents is 1. The van der Waals surface area contributed by atoms with Crippen molar-refractivity contribution in [3.8, 4) is 0 Å². The van der Waals surface area contributed by atoms with Gasteiger partial charge in [-0.1, -0.05) is 0 Å². The van der Waals surface area contributed by atoms with Crippen molar-refractivity contribution < 1.29 is 22.9 Å². The summed E-state index contributed by atoms with van der Waals surface area (Å²) in [6.45, 7) is 0.281. The third-order valence-corrected chi connectivity index (χ3v) is 3.21. The Labute approximate surface area is 123 Å². The maximum absolute atomic E-state index is 12.9. The lowest BCUT2D eigenvalue weighted by molar-refractivity contribution is -0.385. The molecule has 0 spiro atoms. The van der Waals surface area contributed by atoms with Crippen LogP contribution in [-0.2, 0) is 11.0 Å². The van der Waals surface area contributed by atoms with Crippen molar-refractivity contribution >= 4 is 17.3 Å². The topological polar surface area (TPSA) is 84.3 Å². The van der Waals surface area contributed by atoms with Crippen molar-refractivity contribution in [3.05, 3.63) is 33.9 Å². The third kappa shape index (κ3) is 4.09. The van der Waals surface area contributed by atoms with E-state index in [1.54, 1.807) is 0 Å². The number of carbonyl (C=O) groups excluding carboxylic acids is 1. The van der Waals surface area contributed by atoms with Crippen LogP contribution >= 0.6 is 0 Å². The molecule has 0 unspecified atom stereocenters. The van der Waals surface area contributed by atoms with E-state index >= 15 is 0 Å². The minimum Gasteiger partial charge on any atom is -0.383 e. The zero-order valence-electron chi connectivity index (χ0n) is 11.4. The Morgan fingerprint density at radius 3 is 2.55 bits per heavy atom. The average molecular weight is 317 g/mol. The highest BCUT2D eigenvalue weighted by molar-refractivity contribution is 5.80. The highest BCUT2D eigenvalue weighted by atomic mass is 19.4. The third-order valence-electron chi connectivity index (χ3n) is 3.21. The molecule has 1 aliphatic rings. The molecule has 1 aliphatic carbocycles. The molecule has 1 aromatic carbocycles. The van der Waals surface area contributed by atoms with E-state index < -0.39 is 22.4 Å². The molecular weight excluding hydrogens is 303 g/mol. The van der Waals surface area contributed by atoms with Gasteiger partial charge in [0, 0.05) is 36.8 Å². The standard InChI is InChI=1S/C13H14F3N3O3/c14-13(15,16)10-7-9(19(21)22)3-4-11(10)17-5-6-18-12(20)8-1-2-8/h3-4,7-8,17H,1-2,5-6H2,(H,18,20). The van der Waals surface area contributed by atoms with Gasteiger partial charge >= 0.3 is 6.18 Å². The number of hydrogen-bond acceptors (Lipinski definition) is 4. The van der Waals surface area contributed by atoms with Crippen LogP contribution in [0.3, 0.4) is 0 Å². The van der Waals surface area contributed by atoms with Gasteiger partial charge in [0.15, 0.2) is 0 Å². The lowest BCUT2D eigenvalue weighted by Crippen LogP contribution is -2.30. The van der Waals surface area contributed by atoms with E-state index in [9.17, 15) is 28.1 Å². The van der Waals surface area contributed by atoms with E-state index in [2.05, 4.69) is 10.6 Å². The fourth-order valence-corrected chi connectivity index (χ4v) is 1.91. The molecule has 0 aromatic heterocycles. The summed E-state index contributed by atoms with van der Waals surface area (Å²) in [6.07, 6.45) is -3.01. The Morgan fingerprint density at radius 1 is 1.32 bits per heavy atom. The first kappa shape index (κ1) is 16.1. The first-order valence-corrected chi connectivity index (χ1v) is 6.66. The van der Waals surface area contributed by atoms with Gasteiger partial charge in [0.1, 0.15) is 0 Å². The van der Waals surface area contributed by atoms with Gasteiger partial charge in [0.25, 0.3) is 5.69 Å². The number of hydrogen-bond donors (Lipinski definition) is 2. The molecule has 0 atom stereocenters. The molecule has 120 valence electrons. The normalized spacial score (nSPS) is 14.5. The molecule has 1 amide bonds. The number of nitrogens with zero attached hydrogens (tertiary/aromatic N) is 1. The molecule has 22 heavy (non-hydrogen) atoms. The fraction of sp³-hybridized carbons (Fsp3) is 0.462. The number of nitro benzene ring substituents is 1. The SMILES string of the molecule is O=C(NCCNc1ccc([N+](=O)[O-])cc1C(F)(F)F)C1CC1. The van der Waals surface area contributed by atoms with Gasteiger partial charge in [-0.15, -0.1) is 0 Å². The van der Waals surface area contributed by atoms with Crippen molar-refractivity contribution in [1.29, 1.82) is 0 Å². The second-order valence-corrected chi connectivity index (χ2v) is 4.98. The van der Waals surface area contributed by atoms with E-state index in [0.29, 0.717) is 6.07 Å². The summed E-state index contributed by atoms with van der Waals surface area (Å²) < 4.78 is 38.7. The molecule has 1 saturated carbocycles. The summed E-state index contributed by atoms with van der Waals surface area (Å²) in [5.41, 5.74) is -1.98. The molecule has 9 heteroatoms. The molecule has 2 N–H and O–H groups in total. The zero-order valence-corrected chi connectivity index (χ0v) is 11.4. The number of nitro groups is 1. The summed E-state index contributed by atoms with van der Waals surface area (Å²) in [5.74, 6) is -0.0633. The number of rotatable bonds is 6. The van der Waals surface area contributed by atoms with Crippen LogP contribution < -0.4 is 10.6 Å². The number of halogens is 3. The van der Waals surface area contributed by atoms with Crippen molar-refractivity contribution in [2.24, 2.45) is 5.92 Å². The van der Waals surface area contributed by atoms with Crippen LogP contribution in [0.4, 0.5) is 24.5 Å². The molecule has 2 rings (SSSR count). The van der Waals surface area contributed by atoms with Gasteiger partial charge in [0.2, 0.25) is 5.91 Å². The van der Waals surface area contributed by atoms with Crippen molar-refractivity contribution in [1.82, 2.24) is 5.32 Å². The number of alkyl halides is 3. The van der Waals surface area contributed by atoms with E-state index in [0.717, 1.165) is 25.0 Å². The maximum atomic E-state index is 12.9. The van der Waals surface area contributed by atoms with Crippen molar-refractivity contribution in [2.75, 3.05) is 18.4 Å². The predicted molar refractivity (Wildman–Crippen MR) is 72.3 cm³/mol. The van der Waals surface area contributed by atoms with E-state index in [1.807, 2.05) is 0 Å². The molecule has 0 aliphatic heterocycles. The van der Waals surface area contributed by atoms with Crippen LogP contribution in [0.25, 0.3) is 0 Å². The molecule has 0 radical (unpaired) electrons. The zero-order chi connectivity index (χ0) is 16.3. The summed E-state index contributed by atoms with van der Waals surface area (Å²) in [5, 5.41) is 15.7. The van der Waals surface area contributed by atoms with Crippen LogP contribution in [0.2, 0.25) is 0 Å². The number of carbonyl (C=O) groups is 1. The second-order valence-electron chi connectivity index (χ2n) is 4.98. The molecular formula is C13H14F3N3O3. The number of anilines is 1. The molecule has 6 nitrogen and oxygen atoms in total. The Kier molecular flexibility index (Phi) is 4.53. The molecule has 1 fully saturated rings. The Morgan fingerprint density at radius 2 is 2.00 bits per heavy atom. The van der Waals surface area contributed by atoms with Crippen LogP contribution in [-0.4, -0.2) is 23.9 Å². The average Bonchev–Trinajstić information content (AvgIpc) is 3.26. The largest absolute Gasteiger partial charge is 0.418 e. The minimum atomic E-state index is -4.70. The van der Waals surface area contributed by atoms with Gasteiger partial charge in [-0.2, -0.15) is 13.2 Å². The van der Waals surface area contributed by atoms with Gasteiger partial charge in [-0.25, -0.2) is 0 Å². The molecule has 0 saturated heterocycles. The lowest BCUT2D eigenvalue weighted by atomic mass is 10.1. The highest BCUT2D eigenvalue weighted by Gasteiger charge is 2.35. The number of amides is 1. The summed E-state index contributed by atoms with van der Waals surface area (Å²) >= 11 is 0. The lowest BCUT2D eigenvalue weighted by Gasteiger charge is -2.14. The monoisotopic (exact) mass is 317 g/mol. The van der Waals surface area contributed by atoms with Crippen molar-refractivity contribution in [3.63, 3.8) is 0 Å². The summed E-state index contributed by atoms with van der Waals surface area (Å²) in [6, 6.07) is 2.51. The molecule has 0 heterocycles. The molecule has 0 bridgehead atoms. The van der Waals surface area contributed by atoms with Crippen LogP contribution in [0.15, 0.2) is 18.2 Å². The van der Waals surface area contributed by atoms with Crippen LogP contribution in [0.1, 0.15) is 18.4 Å². The Hall–Kier alpha value is -2.32. The summed E-state index contributed by atoms with van der Waals surface area (Å²) in [4.78, 5) is 21.1. The van der Waals surface area contributed by atoms with E-state index in [-0.39, 0.29) is 30.6 Å². The smallest absolute Gasteiger partial charge is 0.383 e. The highest BCUT2D eigenvalue weighted by Crippen LogP contribution is 2.37. The second kappa shape index (κ2) is 6.20. The number of nitrogens with one attached hydrogen (secondary N) is 2. The van der Waals surface area contributed by atoms with E-state index in [1.165, 1.54) is 0 Å². The summed E-state index contributed by atoms with van der Waals surface area (Å²) in [7, 11) is 0. The van der Waals surface area contributed by atoms with Gasteiger partial charge in [0.05, 0.1) is 10.5 Å². The van der Waals surface area contributed by atoms with E-state index in [4.69, 9.17) is 0 Å². The molecule has 1 aromatic rings. The first-order chi connectivity index (χ1) is 10.3. The Bertz CT molecular complexity index is 586. The van der Waals surface area contributed by atoms with Gasteiger partial charge in [-0.3, -0.25) is 14.9 Å². The predicted octanol–water partition coefficient (Wildman–Crippen LogP) is 2.55. The fourth-order valence-electron chi connectivity index (χ4n) is 1.91. The number of benzene rings is 1. The Balaban J connectivity index is 1.99. The maximum Gasteiger partial charge on any atom is 0.418 e. The first-order valence-electron chi connectivity index (χ1n) is 6.66. The van der Waals surface area contributed by atoms with Crippen LogP contribution in [0.5, 0.6) is 0 Å². The minimum absolute atomic E-state index is 0.0325. The van der Waals surface area contributed by atoms with Crippen molar-refractivity contribution in [2.45, 2.75) is 19.0 Å². The van der Waals surface area contributed by atoms with Crippen LogP contribution in [0, 0.1) is 16.0 Å². The quantitative estimate of drug-likeness (QED) is 0.480. The van der Waals surface area contributed by atoms with Gasteiger partial charge < -0.3 is 10.6 Å². The van der Waals surface area contributed by atoms with Gasteiger partial charge in [-0.05, 0) is 18.9 Å².